The molecule has 1 heterocycles. The predicted molar refractivity (Wildman–Crippen MR) is 84.4 cm³/mol. The molecule has 0 aliphatic rings. The van der Waals surface area contributed by atoms with Gasteiger partial charge in [0.25, 0.3) is 0 Å². The number of phenolic OH excluding ortho intramolecular Hbond substituents is 1. The Kier molecular flexibility index (Phi) is 5.56. The molecule has 2 atom stereocenters. The Labute approximate surface area is 124 Å². The van der Waals surface area contributed by atoms with E-state index in [1.54, 1.807) is 23.5 Å². The van der Waals surface area contributed by atoms with E-state index in [0.29, 0.717) is 17.7 Å². The Morgan fingerprint density at radius 2 is 2.00 bits per heavy atom. The number of phenols is 1. The van der Waals surface area contributed by atoms with Gasteiger partial charge in [0.05, 0.1) is 5.01 Å². The normalized spacial score (nSPS) is 14.1. The Hall–Kier alpha value is -1.39. The van der Waals surface area contributed by atoms with Gasteiger partial charge in [0.2, 0.25) is 0 Å². The number of aryl methyl sites for hydroxylation is 1. The molecule has 0 saturated carbocycles. The van der Waals surface area contributed by atoms with Crippen LogP contribution in [0.15, 0.2) is 35.8 Å². The minimum Gasteiger partial charge on any atom is -0.508 e. The second-order valence-corrected chi connectivity index (χ2v) is 6.21. The maximum atomic E-state index is 9.25. The van der Waals surface area contributed by atoms with Crippen LogP contribution in [0.1, 0.15) is 36.8 Å². The molecule has 0 amide bonds. The molecule has 0 aliphatic carbocycles. The van der Waals surface area contributed by atoms with Gasteiger partial charge < -0.3 is 10.4 Å². The highest BCUT2D eigenvalue weighted by Gasteiger charge is 2.09. The second-order valence-electron chi connectivity index (χ2n) is 5.29. The smallest absolute Gasteiger partial charge is 0.115 e. The molecule has 2 aromatic rings. The van der Waals surface area contributed by atoms with Gasteiger partial charge in [-0.3, -0.25) is 0 Å². The van der Waals surface area contributed by atoms with Crippen molar-refractivity contribution in [3.63, 3.8) is 0 Å². The average Bonchev–Trinajstić information content (AvgIpc) is 2.98. The molecule has 20 heavy (non-hydrogen) atoms. The average molecular weight is 290 g/mol. The minimum atomic E-state index is 0.331. The molecule has 0 aliphatic heterocycles. The van der Waals surface area contributed by atoms with Crippen LogP contribution in [0.25, 0.3) is 0 Å². The van der Waals surface area contributed by atoms with Crippen molar-refractivity contribution in [2.75, 3.05) is 6.54 Å². The van der Waals surface area contributed by atoms with Crippen molar-refractivity contribution < 1.29 is 5.11 Å². The lowest BCUT2D eigenvalue weighted by Crippen LogP contribution is -2.30. The summed E-state index contributed by atoms with van der Waals surface area (Å²) in [4.78, 5) is 4.35. The van der Waals surface area contributed by atoms with Gasteiger partial charge >= 0.3 is 0 Å². The first-order valence-corrected chi connectivity index (χ1v) is 7.94. The Morgan fingerprint density at radius 1 is 1.25 bits per heavy atom. The topological polar surface area (TPSA) is 45.1 Å². The van der Waals surface area contributed by atoms with Gasteiger partial charge in [-0.15, -0.1) is 11.3 Å². The van der Waals surface area contributed by atoms with E-state index >= 15 is 0 Å². The summed E-state index contributed by atoms with van der Waals surface area (Å²) >= 11 is 1.72. The summed E-state index contributed by atoms with van der Waals surface area (Å²) in [5.41, 5.74) is 1.27. The standard InChI is InChI=1S/C16H22N2OS/c1-12(16-17-9-10-20-16)11-18-13(2)3-4-14-5-7-15(19)8-6-14/h5-10,12-13,18-19H,3-4,11H2,1-2H3. The monoisotopic (exact) mass is 290 g/mol. The number of hydrogen-bond donors (Lipinski definition) is 2. The van der Waals surface area contributed by atoms with E-state index in [2.05, 4.69) is 24.1 Å². The van der Waals surface area contributed by atoms with Crippen LogP contribution in [0.4, 0.5) is 0 Å². The van der Waals surface area contributed by atoms with E-state index in [1.807, 2.05) is 23.7 Å². The van der Waals surface area contributed by atoms with Crippen molar-refractivity contribution in [1.29, 1.82) is 0 Å². The maximum absolute atomic E-state index is 9.25. The zero-order valence-electron chi connectivity index (χ0n) is 12.0. The zero-order valence-corrected chi connectivity index (χ0v) is 12.9. The van der Waals surface area contributed by atoms with Crippen LogP contribution in [0.3, 0.4) is 0 Å². The number of benzene rings is 1. The Balaban J connectivity index is 1.70. The van der Waals surface area contributed by atoms with E-state index in [1.165, 1.54) is 10.6 Å². The lowest BCUT2D eigenvalue weighted by Gasteiger charge is -2.16. The van der Waals surface area contributed by atoms with Gasteiger partial charge in [-0.25, -0.2) is 4.98 Å². The molecule has 2 N–H and O–H groups in total. The lowest BCUT2D eigenvalue weighted by atomic mass is 10.1. The number of nitrogens with zero attached hydrogens (tertiary/aromatic N) is 1. The van der Waals surface area contributed by atoms with E-state index in [4.69, 9.17) is 0 Å². The van der Waals surface area contributed by atoms with Crippen LogP contribution in [0.2, 0.25) is 0 Å². The van der Waals surface area contributed by atoms with Gasteiger partial charge in [0, 0.05) is 30.1 Å². The molecule has 3 nitrogen and oxygen atoms in total. The van der Waals surface area contributed by atoms with Crippen molar-refractivity contribution in [2.24, 2.45) is 0 Å². The summed E-state index contributed by atoms with van der Waals surface area (Å²) in [6.45, 7) is 5.39. The minimum absolute atomic E-state index is 0.331. The predicted octanol–water partition coefficient (Wildman–Crippen LogP) is 3.56. The first kappa shape index (κ1) is 15.0. The van der Waals surface area contributed by atoms with E-state index in [-0.39, 0.29) is 0 Å². The highest BCUT2D eigenvalue weighted by molar-refractivity contribution is 7.09. The largest absolute Gasteiger partial charge is 0.508 e. The van der Waals surface area contributed by atoms with E-state index in [0.717, 1.165) is 19.4 Å². The lowest BCUT2D eigenvalue weighted by molar-refractivity contribution is 0.474. The van der Waals surface area contributed by atoms with Crippen LogP contribution >= 0.6 is 11.3 Å². The summed E-state index contributed by atoms with van der Waals surface area (Å²) < 4.78 is 0. The van der Waals surface area contributed by atoms with Gasteiger partial charge in [0.15, 0.2) is 0 Å². The van der Waals surface area contributed by atoms with Crippen molar-refractivity contribution in [3.8, 4) is 5.75 Å². The number of hydrogen-bond acceptors (Lipinski definition) is 4. The molecule has 2 rings (SSSR count). The highest BCUT2D eigenvalue weighted by Crippen LogP contribution is 2.17. The summed E-state index contributed by atoms with van der Waals surface area (Å²) in [6.07, 6.45) is 3.99. The maximum Gasteiger partial charge on any atom is 0.115 e. The zero-order chi connectivity index (χ0) is 14.4. The van der Waals surface area contributed by atoms with Crippen LogP contribution in [0, 0.1) is 0 Å². The van der Waals surface area contributed by atoms with Crippen molar-refractivity contribution in [2.45, 2.75) is 38.6 Å². The van der Waals surface area contributed by atoms with Gasteiger partial charge in [-0.05, 0) is 37.5 Å². The fourth-order valence-electron chi connectivity index (χ4n) is 2.09. The van der Waals surface area contributed by atoms with Gasteiger partial charge in [-0.2, -0.15) is 0 Å². The first-order valence-electron chi connectivity index (χ1n) is 7.06. The Bertz CT molecular complexity index is 496. The summed E-state index contributed by atoms with van der Waals surface area (Å²) in [7, 11) is 0. The quantitative estimate of drug-likeness (QED) is 0.819. The van der Waals surface area contributed by atoms with Crippen LogP contribution in [-0.4, -0.2) is 22.7 Å². The molecule has 1 aromatic heterocycles. The molecule has 1 aromatic carbocycles. The number of aromatic hydroxyl groups is 1. The molecule has 0 saturated heterocycles. The second kappa shape index (κ2) is 7.41. The number of thiazole rings is 1. The van der Waals surface area contributed by atoms with E-state index < -0.39 is 0 Å². The molecule has 0 fully saturated rings. The molecule has 4 heteroatoms. The SMILES string of the molecule is CC(CCc1ccc(O)cc1)NCC(C)c1nccs1. The third-order valence-corrected chi connectivity index (χ3v) is 4.45. The number of aromatic nitrogens is 1. The fraction of sp³-hybridized carbons (Fsp3) is 0.438. The molecular weight excluding hydrogens is 268 g/mol. The molecule has 0 bridgehead atoms. The summed E-state index contributed by atoms with van der Waals surface area (Å²) in [5, 5.41) is 16.0. The third kappa shape index (κ3) is 4.62. The first-order chi connectivity index (χ1) is 9.65. The van der Waals surface area contributed by atoms with Crippen LogP contribution < -0.4 is 5.32 Å². The van der Waals surface area contributed by atoms with Crippen molar-refractivity contribution in [1.82, 2.24) is 10.3 Å². The van der Waals surface area contributed by atoms with Gasteiger partial charge in [-0.1, -0.05) is 19.1 Å². The molecule has 2 unspecified atom stereocenters. The summed E-state index contributed by atoms with van der Waals surface area (Å²) in [5.74, 6) is 0.795. The van der Waals surface area contributed by atoms with Crippen LogP contribution in [0.5, 0.6) is 5.75 Å². The highest BCUT2D eigenvalue weighted by atomic mass is 32.1. The van der Waals surface area contributed by atoms with Crippen molar-refractivity contribution >= 4 is 11.3 Å². The third-order valence-electron chi connectivity index (χ3n) is 3.45. The molecular formula is C16H22N2OS. The molecule has 0 spiro atoms. The van der Waals surface area contributed by atoms with Crippen LogP contribution in [-0.2, 0) is 6.42 Å². The molecule has 108 valence electrons. The Morgan fingerprint density at radius 3 is 2.65 bits per heavy atom. The summed E-state index contributed by atoms with van der Waals surface area (Å²) in [6, 6.07) is 7.95. The van der Waals surface area contributed by atoms with Crippen molar-refractivity contribution in [3.05, 3.63) is 46.4 Å². The van der Waals surface area contributed by atoms with Gasteiger partial charge in [0.1, 0.15) is 5.75 Å². The number of nitrogens with one attached hydrogen (secondary N) is 1. The molecule has 0 radical (unpaired) electrons. The number of rotatable bonds is 7. The fourth-order valence-corrected chi connectivity index (χ4v) is 2.79. The van der Waals surface area contributed by atoms with E-state index in [9.17, 15) is 5.11 Å².